The molecule has 1 aliphatic rings. The van der Waals surface area contributed by atoms with Crippen LogP contribution in [0.5, 0.6) is 0 Å². The lowest BCUT2D eigenvalue weighted by Crippen LogP contribution is -2.30. The summed E-state index contributed by atoms with van der Waals surface area (Å²) < 4.78 is 25.3. The summed E-state index contributed by atoms with van der Waals surface area (Å²) in [5.41, 5.74) is 0. The Labute approximate surface area is 64.2 Å². The molecule has 4 heteroatoms. The third-order valence-electron chi connectivity index (χ3n) is 1.52. The van der Waals surface area contributed by atoms with Crippen molar-refractivity contribution in [1.29, 1.82) is 0 Å². The minimum atomic E-state index is -0.557. The average Bonchev–Trinajstić information content (AvgIpc) is 1.85. The van der Waals surface area contributed by atoms with E-state index in [1.54, 1.807) is 14.1 Å². The summed E-state index contributed by atoms with van der Waals surface area (Å²) in [4.78, 5) is 1.48. The summed E-state index contributed by atoms with van der Waals surface area (Å²) in [5.74, 6) is -0.686. The molecule has 1 N–H and O–H groups in total. The molecular weight excluding hydrogens is 150 g/mol. The summed E-state index contributed by atoms with van der Waals surface area (Å²) in [6, 6.07) is 0. The highest BCUT2D eigenvalue weighted by Gasteiger charge is 2.16. The molecule has 0 unspecified atom stereocenters. The highest BCUT2D eigenvalue weighted by Crippen LogP contribution is 2.18. The standard InChI is InChI=1S/C7H10F2N2/c1-10-7-6(9)3-5(8)4-11(7)2/h3,10H,4H2,1-2H3. The molecule has 2 nitrogen and oxygen atoms in total. The minimum Gasteiger partial charge on any atom is -0.372 e. The average molecular weight is 160 g/mol. The van der Waals surface area contributed by atoms with Gasteiger partial charge < -0.3 is 10.2 Å². The second kappa shape index (κ2) is 2.90. The molecule has 1 rings (SSSR count). The number of nitrogens with zero attached hydrogens (tertiary/aromatic N) is 1. The number of halogens is 2. The van der Waals surface area contributed by atoms with Gasteiger partial charge in [-0.1, -0.05) is 0 Å². The lowest BCUT2D eigenvalue weighted by Gasteiger charge is -2.24. The van der Waals surface area contributed by atoms with E-state index >= 15 is 0 Å². The number of hydrogen-bond donors (Lipinski definition) is 1. The normalized spacial score (nSPS) is 18.5. The smallest absolute Gasteiger partial charge is 0.165 e. The molecule has 0 saturated carbocycles. The molecule has 0 fully saturated rings. The number of rotatable bonds is 1. The van der Waals surface area contributed by atoms with Gasteiger partial charge in [0.05, 0.1) is 6.54 Å². The predicted octanol–water partition coefficient (Wildman–Crippen LogP) is 1.14. The van der Waals surface area contributed by atoms with Crippen LogP contribution in [-0.4, -0.2) is 25.5 Å². The second-order valence-corrected chi connectivity index (χ2v) is 2.39. The maximum absolute atomic E-state index is 12.8. The van der Waals surface area contributed by atoms with Gasteiger partial charge in [-0.2, -0.15) is 0 Å². The molecule has 0 bridgehead atoms. The van der Waals surface area contributed by atoms with Crippen LogP contribution in [0.4, 0.5) is 8.78 Å². The molecule has 11 heavy (non-hydrogen) atoms. The van der Waals surface area contributed by atoms with E-state index in [1.165, 1.54) is 4.90 Å². The molecule has 0 spiro atoms. The van der Waals surface area contributed by atoms with Gasteiger partial charge in [0, 0.05) is 20.2 Å². The fourth-order valence-corrected chi connectivity index (χ4v) is 1.05. The minimum absolute atomic E-state index is 0.129. The summed E-state index contributed by atoms with van der Waals surface area (Å²) in [5, 5.41) is 2.64. The number of allylic oxidation sites excluding steroid dienone is 2. The summed E-state index contributed by atoms with van der Waals surface area (Å²) in [6.07, 6.45) is 0.895. The zero-order chi connectivity index (χ0) is 8.43. The van der Waals surface area contributed by atoms with Crippen molar-refractivity contribution in [3.8, 4) is 0 Å². The first kappa shape index (κ1) is 8.04. The van der Waals surface area contributed by atoms with E-state index < -0.39 is 11.7 Å². The third-order valence-corrected chi connectivity index (χ3v) is 1.52. The molecule has 1 aliphatic heterocycles. The zero-order valence-electron chi connectivity index (χ0n) is 6.49. The van der Waals surface area contributed by atoms with E-state index in [-0.39, 0.29) is 6.54 Å². The second-order valence-electron chi connectivity index (χ2n) is 2.39. The van der Waals surface area contributed by atoms with Crippen molar-refractivity contribution in [3.63, 3.8) is 0 Å². The van der Waals surface area contributed by atoms with Gasteiger partial charge in [-0.25, -0.2) is 8.78 Å². The molecule has 0 aromatic heterocycles. The fourth-order valence-electron chi connectivity index (χ4n) is 1.05. The highest BCUT2D eigenvalue weighted by molar-refractivity contribution is 5.24. The summed E-state index contributed by atoms with van der Waals surface area (Å²) >= 11 is 0. The van der Waals surface area contributed by atoms with E-state index in [1.807, 2.05) is 0 Å². The van der Waals surface area contributed by atoms with Crippen LogP contribution in [0.15, 0.2) is 23.6 Å². The third kappa shape index (κ3) is 1.50. The predicted molar refractivity (Wildman–Crippen MR) is 39.0 cm³/mol. The van der Waals surface area contributed by atoms with Crippen molar-refractivity contribution < 1.29 is 8.78 Å². The molecule has 0 aliphatic carbocycles. The van der Waals surface area contributed by atoms with Gasteiger partial charge in [0.25, 0.3) is 0 Å². The quantitative estimate of drug-likeness (QED) is 0.618. The maximum atomic E-state index is 12.8. The molecular formula is C7H10F2N2. The van der Waals surface area contributed by atoms with Crippen molar-refractivity contribution in [2.24, 2.45) is 0 Å². The Hall–Kier alpha value is -1.06. The van der Waals surface area contributed by atoms with Crippen LogP contribution in [-0.2, 0) is 0 Å². The van der Waals surface area contributed by atoms with Gasteiger partial charge in [-0.05, 0) is 0 Å². The first-order valence-electron chi connectivity index (χ1n) is 3.30. The first-order chi connectivity index (χ1) is 5.15. The van der Waals surface area contributed by atoms with E-state index in [4.69, 9.17) is 0 Å². The van der Waals surface area contributed by atoms with E-state index in [9.17, 15) is 8.78 Å². The molecule has 0 aromatic rings. The number of likely N-dealkylation sites (N-methyl/N-ethyl adjacent to an activating group) is 1. The van der Waals surface area contributed by atoms with Gasteiger partial charge in [0.1, 0.15) is 11.6 Å². The number of hydrogen-bond acceptors (Lipinski definition) is 2. The van der Waals surface area contributed by atoms with E-state index in [0.29, 0.717) is 5.82 Å². The molecule has 0 saturated heterocycles. The molecule has 0 atom stereocenters. The Balaban J connectivity index is 2.92. The van der Waals surface area contributed by atoms with Gasteiger partial charge in [0.15, 0.2) is 5.83 Å². The van der Waals surface area contributed by atoms with Crippen molar-refractivity contribution >= 4 is 0 Å². The van der Waals surface area contributed by atoms with E-state index in [0.717, 1.165) is 6.08 Å². The summed E-state index contributed by atoms with van der Waals surface area (Å²) in [7, 11) is 3.22. The van der Waals surface area contributed by atoms with Crippen molar-refractivity contribution in [1.82, 2.24) is 10.2 Å². The Morgan fingerprint density at radius 2 is 2.18 bits per heavy atom. The SMILES string of the molecule is CNC1=C(F)C=C(F)CN1C. The van der Waals surface area contributed by atoms with Crippen LogP contribution in [0.1, 0.15) is 0 Å². The van der Waals surface area contributed by atoms with Crippen LogP contribution in [0, 0.1) is 0 Å². The van der Waals surface area contributed by atoms with Crippen LogP contribution in [0.2, 0.25) is 0 Å². The lowest BCUT2D eigenvalue weighted by atomic mass is 10.3. The molecule has 62 valence electrons. The van der Waals surface area contributed by atoms with Crippen LogP contribution < -0.4 is 5.32 Å². The zero-order valence-corrected chi connectivity index (χ0v) is 6.49. The fraction of sp³-hybridized carbons (Fsp3) is 0.429. The van der Waals surface area contributed by atoms with Crippen LogP contribution in [0.25, 0.3) is 0 Å². The highest BCUT2D eigenvalue weighted by atomic mass is 19.1. The van der Waals surface area contributed by atoms with Crippen molar-refractivity contribution in [3.05, 3.63) is 23.6 Å². The molecule has 0 aromatic carbocycles. The van der Waals surface area contributed by atoms with Gasteiger partial charge >= 0.3 is 0 Å². The molecule has 0 amide bonds. The maximum Gasteiger partial charge on any atom is 0.165 e. The van der Waals surface area contributed by atoms with Crippen LogP contribution >= 0.6 is 0 Å². The van der Waals surface area contributed by atoms with Crippen molar-refractivity contribution in [2.45, 2.75) is 0 Å². The van der Waals surface area contributed by atoms with Gasteiger partial charge in [-0.3, -0.25) is 0 Å². The first-order valence-corrected chi connectivity index (χ1v) is 3.30. The van der Waals surface area contributed by atoms with E-state index in [2.05, 4.69) is 5.32 Å². The monoisotopic (exact) mass is 160 g/mol. The van der Waals surface area contributed by atoms with Crippen molar-refractivity contribution in [2.75, 3.05) is 20.6 Å². The largest absolute Gasteiger partial charge is 0.372 e. The Morgan fingerprint density at radius 3 is 2.64 bits per heavy atom. The number of nitrogens with one attached hydrogen (secondary N) is 1. The topological polar surface area (TPSA) is 15.3 Å². The molecule has 0 radical (unpaired) electrons. The van der Waals surface area contributed by atoms with Gasteiger partial charge in [0.2, 0.25) is 0 Å². The molecule has 1 heterocycles. The Bertz CT molecular complexity index is 220. The Kier molecular flexibility index (Phi) is 2.12. The van der Waals surface area contributed by atoms with Gasteiger partial charge in [-0.15, -0.1) is 0 Å². The Morgan fingerprint density at radius 1 is 1.55 bits per heavy atom. The summed E-state index contributed by atoms with van der Waals surface area (Å²) in [6.45, 7) is 0.129. The lowest BCUT2D eigenvalue weighted by molar-refractivity contribution is 0.355. The van der Waals surface area contributed by atoms with Crippen LogP contribution in [0.3, 0.4) is 0 Å².